The van der Waals surface area contributed by atoms with E-state index in [-0.39, 0.29) is 5.97 Å². The van der Waals surface area contributed by atoms with E-state index in [1.54, 1.807) is 0 Å². The molecule has 0 fully saturated rings. The topological polar surface area (TPSA) is 46.5 Å². The Morgan fingerprint density at radius 1 is 1.05 bits per heavy atom. The minimum atomic E-state index is -2.78. The van der Waals surface area contributed by atoms with Gasteiger partial charge in [0, 0.05) is 0 Å². The van der Waals surface area contributed by atoms with Gasteiger partial charge in [-0.05, 0) is 0 Å². The van der Waals surface area contributed by atoms with Gasteiger partial charge in [0.15, 0.2) is 0 Å². The average molecular weight is 498 g/mol. The molecule has 1 unspecified atom stereocenters. The Hall–Kier alpha value is 1.03. The zero-order valence-electron chi connectivity index (χ0n) is 13.7. The van der Waals surface area contributed by atoms with Crippen molar-refractivity contribution in [1.82, 2.24) is 0 Å². The number of carbonyl (C=O) groups is 1. The van der Waals surface area contributed by atoms with Crippen LogP contribution >= 0.6 is 0 Å². The standard InChI is InChI=1S/C4H9.3C3H7.C2H3O3.2Sn/c1-3-4-2;3*1-3-2;3-1-2(4)5;;/h1,3-4H2,2H3;3*1,3H2,2H3;1,3H,(H,4,5);;/q;;;;;;+1/p-1. The summed E-state index contributed by atoms with van der Waals surface area (Å²) in [5, 5.41) is 10.0. The molecule has 1 atom stereocenters. The molecule has 0 aromatic rings. The molecular formula is C15H32O3Sn2. The maximum absolute atomic E-state index is 12.2. The molecule has 1 N–H and O–H groups in total. The molecule has 2 radical (unpaired) electrons. The van der Waals surface area contributed by atoms with E-state index in [4.69, 9.17) is 3.07 Å². The van der Waals surface area contributed by atoms with Crippen molar-refractivity contribution in [3.63, 3.8) is 0 Å². The van der Waals surface area contributed by atoms with Crippen molar-refractivity contribution < 1.29 is 13.0 Å². The molecule has 0 bridgehead atoms. The van der Waals surface area contributed by atoms with Gasteiger partial charge in [-0.3, -0.25) is 0 Å². The Kier molecular flexibility index (Phi) is 13.2. The van der Waals surface area contributed by atoms with Gasteiger partial charge >= 0.3 is 141 Å². The van der Waals surface area contributed by atoms with Crippen LogP contribution < -0.4 is 0 Å². The molecule has 0 rings (SSSR count). The minimum absolute atomic E-state index is 0.251. The number of carbonyl (C=O) groups excluding carboxylic acids is 1. The van der Waals surface area contributed by atoms with Crippen molar-refractivity contribution in [2.24, 2.45) is 0 Å². The number of aliphatic hydroxyl groups is 1. The van der Waals surface area contributed by atoms with Crippen LogP contribution in [0.15, 0.2) is 0 Å². The number of hydrogen-bond donors (Lipinski definition) is 1. The van der Waals surface area contributed by atoms with Crippen LogP contribution in [0.1, 0.15) is 59.8 Å². The third-order valence-electron chi connectivity index (χ3n) is 3.53. The molecule has 3 nitrogen and oxygen atoms in total. The van der Waals surface area contributed by atoms with Crippen molar-refractivity contribution in [1.29, 1.82) is 0 Å². The van der Waals surface area contributed by atoms with E-state index in [0.29, 0.717) is 0 Å². The van der Waals surface area contributed by atoms with Gasteiger partial charge in [0.1, 0.15) is 0 Å². The summed E-state index contributed by atoms with van der Waals surface area (Å²) in [7, 11) is 0. The van der Waals surface area contributed by atoms with Crippen molar-refractivity contribution in [2.75, 3.05) is 0 Å². The van der Waals surface area contributed by atoms with Gasteiger partial charge in [-0.15, -0.1) is 0 Å². The van der Waals surface area contributed by atoms with Crippen molar-refractivity contribution >= 4 is 45.9 Å². The fourth-order valence-electron chi connectivity index (χ4n) is 2.66. The van der Waals surface area contributed by atoms with E-state index in [9.17, 15) is 9.90 Å². The van der Waals surface area contributed by atoms with Gasteiger partial charge in [0.25, 0.3) is 0 Å². The molecular weight excluding hydrogens is 466 g/mol. The summed E-state index contributed by atoms with van der Waals surface area (Å²) in [6.07, 6.45) is 5.61. The Morgan fingerprint density at radius 2 is 1.55 bits per heavy atom. The molecule has 0 aliphatic heterocycles. The van der Waals surface area contributed by atoms with Crippen LogP contribution in [-0.4, -0.2) is 55.1 Å². The molecule has 0 aromatic heterocycles. The first-order valence-electron chi connectivity index (χ1n) is 8.19. The van der Waals surface area contributed by atoms with Crippen LogP contribution in [0.5, 0.6) is 0 Å². The normalized spacial score (nSPS) is 13.2. The third-order valence-corrected chi connectivity index (χ3v) is 21.0. The third kappa shape index (κ3) is 8.47. The van der Waals surface area contributed by atoms with Gasteiger partial charge < -0.3 is 0 Å². The van der Waals surface area contributed by atoms with Crippen molar-refractivity contribution in [2.45, 2.75) is 81.7 Å². The second-order valence-corrected chi connectivity index (χ2v) is 21.3. The summed E-state index contributed by atoms with van der Waals surface area (Å²) >= 11 is -3.78. The van der Waals surface area contributed by atoms with Crippen LogP contribution in [-0.2, 0) is 7.87 Å². The van der Waals surface area contributed by atoms with Gasteiger partial charge in [0.05, 0.1) is 0 Å². The number of aliphatic hydroxyl groups excluding tert-OH is 1. The summed E-state index contributed by atoms with van der Waals surface area (Å²) in [4.78, 5) is 12.2. The van der Waals surface area contributed by atoms with Crippen molar-refractivity contribution in [3.05, 3.63) is 0 Å². The second-order valence-electron chi connectivity index (χ2n) is 5.56. The SMILES string of the molecule is CCC[CH2][Sn][CH](O)C(=O)[O][Sn]([CH2]CC)([CH2]CC)[CH2]CC. The molecule has 0 amide bonds. The Labute approximate surface area is 139 Å². The van der Waals surface area contributed by atoms with Crippen LogP contribution in [0.25, 0.3) is 0 Å². The van der Waals surface area contributed by atoms with Crippen LogP contribution in [0.4, 0.5) is 0 Å². The first-order chi connectivity index (χ1) is 9.55. The van der Waals surface area contributed by atoms with Gasteiger partial charge in [0.2, 0.25) is 0 Å². The molecule has 20 heavy (non-hydrogen) atoms. The van der Waals surface area contributed by atoms with Crippen LogP contribution in [0.2, 0.25) is 17.7 Å². The fourth-order valence-corrected chi connectivity index (χ4v) is 19.0. The first kappa shape index (κ1) is 21.0. The van der Waals surface area contributed by atoms with E-state index >= 15 is 0 Å². The summed E-state index contributed by atoms with van der Waals surface area (Å²) < 4.78 is 9.72. The quantitative estimate of drug-likeness (QED) is 0.328. The molecule has 0 heterocycles. The summed E-state index contributed by atoms with van der Waals surface area (Å²) in [5.41, 5.74) is 0. The molecule has 0 aliphatic carbocycles. The first-order valence-corrected chi connectivity index (χ1v) is 19.1. The van der Waals surface area contributed by atoms with Gasteiger partial charge in [-0.2, -0.15) is 0 Å². The molecule has 0 saturated heterocycles. The van der Waals surface area contributed by atoms with Gasteiger partial charge in [-0.1, -0.05) is 0 Å². The molecule has 0 spiro atoms. The zero-order valence-corrected chi connectivity index (χ0v) is 19.4. The van der Waals surface area contributed by atoms with E-state index in [1.807, 2.05) is 0 Å². The predicted octanol–water partition coefficient (Wildman–Crippen LogP) is 3.95. The summed E-state index contributed by atoms with van der Waals surface area (Å²) in [6.45, 7) is 8.69. The molecule has 0 aliphatic rings. The van der Waals surface area contributed by atoms with Gasteiger partial charge in [-0.25, -0.2) is 0 Å². The van der Waals surface area contributed by atoms with E-state index in [0.717, 1.165) is 49.9 Å². The average Bonchev–Trinajstić information content (AvgIpc) is 2.39. The molecule has 0 saturated carbocycles. The van der Waals surface area contributed by atoms with E-state index in [1.165, 1.54) is 0 Å². The van der Waals surface area contributed by atoms with Crippen LogP contribution in [0.3, 0.4) is 0 Å². The Bertz CT molecular complexity index is 242. The van der Waals surface area contributed by atoms with Crippen LogP contribution in [0, 0.1) is 0 Å². The Morgan fingerprint density at radius 3 is 1.95 bits per heavy atom. The predicted molar refractivity (Wildman–Crippen MR) is 88.6 cm³/mol. The summed E-state index contributed by atoms with van der Waals surface area (Å²) in [6, 6.07) is 0. The maximum atomic E-state index is 12.2. The fraction of sp³-hybridized carbons (Fsp3) is 0.933. The molecule has 0 aromatic carbocycles. The molecule has 5 heteroatoms. The molecule has 118 valence electrons. The summed E-state index contributed by atoms with van der Waals surface area (Å²) in [5.74, 6) is -0.251. The Balaban J connectivity index is 4.56. The monoisotopic (exact) mass is 500 g/mol. The second kappa shape index (κ2) is 12.6. The van der Waals surface area contributed by atoms with Crippen molar-refractivity contribution in [3.8, 4) is 0 Å². The zero-order chi connectivity index (χ0) is 15.4. The van der Waals surface area contributed by atoms with E-state index in [2.05, 4.69) is 27.7 Å². The number of unbranched alkanes of at least 4 members (excludes halogenated alkanes) is 1. The van der Waals surface area contributed by atoms with E-state index < -0.39 is 44.1 Å². The number of hydrogen-bond acceptors (Lipinski definition) is 3. The number of rotatable bonds is 12.